The molecule has 1 amide bonds. The highest BCUT2D eigenvalue weighted by Gasteiger charge is 2.18. The molecule has 17 heavy (non-hydrogen) atoms. The van der Waals surface area contributed by atoms with Crippen LogP contribution in [0, 0.1) is 9.52 Å². The molecule has 0 aromatic carbocycles. The Kier molecular flexibility index (Phi) is 3.84. The van der Waals surface area contributed by atoms with Crippen LogP contribution in [0.5, 0.6) is 0 Å². The maximum absolute atomic E-state index is 13.4. The second kappa shape index (κ2) is 5.19. The van der Waals surface area contributed by atoms with Gasteiger partial charge in [0.05, 0.1) is 0 Å². The van der Waals surface area contributed by atoms with Crippen LogP contribution in [0.1, 0.15) is 10.4 Å². The zero-order valence-electron chi connectivity index (χ0n) is 7.95. The molecule has 2 rings (SSSR count). The predicted octanol–water partition coefficient (Wildman–Crippen LogP) is 2.58. The van der Waals surface area contributed by atoms with Crippen molar-refractivity contribution >= 4 is 56.8 Å². The first-order valence-electron chi connectivity index (χ1n) is 4.18. The van der Waals surface area contributed by atoms with Gasteiger partial charge in [-0.2, -0.15) is 13.7 Å². The SMILES string of the molecule is O=C(Nc1nc(Cl)ns1)c1c(I)ccnc1F. The van der Waals surface area contributed by atoms with E-state index in [1.54, 1.807) is 0 Å². The number of hydrogen-bond donors (Lipinski definition) is 1. The Morgan fingerprint density at radius 2 is 2.35 bits per heavy atom. The molecular weight excluding hydrogens is 382 g/mol. The third-order valence-electron chi connectivity index (χ3n) is 1.70. The topological polar surface area (TPSA) is 67.8 Å². The van der Waals surface area contributed by atoms with E-state index in [4.69, 9.17) is 11.6 Å². The molecule has 0 fully saturated rings. The highest BCUT2D eigenvalue weighted by molar-refractivity contribution is 14.1. The van der Waals surface area contributed by atoms with Crippen LogP contribution in [0.3, 0.4) is 0 Å². The van der Waals surface area contributed by atoms with Crippen LogP contribution in [-0.2, 0) is 0 Å². The van der Waals surface area contributed by atoms with Crippen molar-refractivity contribution in [2.75, 3.05) is 5.32 Å². The molecule has 0 aliphatic carbocycles. The minimum atomic E-state index is -0.829. The smallest absolute Gasteiger partial charge is 0.263 e. The molecule has 2 aromatic heterocycles. The zero-order valence-corrected chi connectivity index (χ0v) is 11.7. The average Bonchev–Trinajstić information content (AvgIpc) is 2.63. The average molecular weight is 385 g/mol. The summed E-state index contributed by atoms with van der Waals surface area (Å²) < 4.78 is 17.5. The molecule has 2 aromatic rings. The summed E-state index contributed by atoms with van der Waals surface area (Å²) >= 11 is 8.26. The molecule has 0 bridgehead atoms. The number of carbonyl (C=O) groups is 1. The third-order valence-corrected chi connectivity index (χ3v) is 3.50. The molecule has 0 aliphatic rings. The molecule has 0 saturated carbocycles. The van der Waals surface area contributed by atoms with Crippen LogP contribution in [0.4, 0.5) is 9.52 Å². The van der Waals surface area contributed by atoms with E-state index in [2.05, 4.69) is 19.7 Å². The molecule has 0 spiro atoms. The molecule has 0 atom stereocenters. The monoisotopic (exact) mass is 384 g/mol. The van der Waals surface area contributed by atoms with Gasteiger partial charge in [-0.15, -0.1) is 0 Å². The van der Waals surface area contributed by atoms with Gasteiger partial charge < -0.3 is 0 Å². The number of rotatable bonds is 2. The van der Waals surface area contributed by atoms with Crippen LogP contribution in [0.25, 0.3) is 0 Å². The van der Waals surface area contributed by atoms with E-state index in [-0.39, 0.29) is 16.0 Å². The predicted molar refractivity (Wildman–Crippen MR) is 69.8 cm³/mol. The fourth-order valence-electron chi connectivity index (χ4n) is 1.03. The summed E-state index contributed by atoms with van der Waals surface area (Å²) in [7, 11) is 0. The van der Waals surface area contributed by atoms with Crippen molar-refractivity contribution in [2.24, 2.45) is 0 Å². The molecule has 88 valence electrons. The summed E-state index contributed by atoms with van der Waals surface area (Å²) in [5.74, 6) is -1.46. The van der Waals surface area contributed by atoms with Crippen LogP contribution >= 0.6 is 45.7 Å². The molecule has 0 radical (unpaired) electrons. The number of anilines is 1. The van der Waals surface area contributed by atoms with E-state index >= 15 is 0 Å². The number of amides is 1. The number of carbonyl (C=O) groups excluding carboxylic acids is 1. The maximum atomic E-state index is 13.4. The van der Waals surface area contributed by atoms with Crippen molar-refractivity contribution in [1.29, 1.82) is 0 Å². The first-order valence-corrected chi connectivity index (χ1v) is 6.41. The molecule has 0 saturated heterocycles. The molecule has 2 heterocycles. The minimum absolute atomic E-state index is 0.0339. The van der Waals surface area contributed by atoms with Crippen molar-refractivity contribution in [3.63, 3.8) is 0 Å². The Balaban J connectivity index is 2.26. The van der Waals surface area contributed by atoms with E-state index in [0.717, 1.165) is 11.5 Å². The minimum Gasteiger partial charge on any atom is -0.296 e. The summed E-state index contributed by atoms with van der Waals surface area (Å²) in [6, 6.07) is 1.53. The maximum Gasteiger partial charge on any atom is 0.263 e. The van der Waals surface area contributed by atoms with Crippen LogP contribution in [0.15, 0.2) is 12.3 Å². The largest absolute Gasteiger partial charge is 0.296 e. The van der Waals surface area contributed by atoms with Crippen molar-refractivity contribution in [3.05, 3.63) is 32.6 Å². The van der Waals surface area contributed by atoms with E-state index in [1.165, 1.54) is 12.3 Å². The Labute approximate surface area is 118 Å². The Hall–Kier alpha value is -0.870. The van der Waals surface area contributed by atoms with E-state index < -0.39 is 11.9 Å². The van der Waals surface area contributed by atoms with Crippen molar-refractivity contribution in [2.45, 2.75) is 0 Å². The second-order valence-corrected chi connectivity index (χ2v) is 5.03. The summed E-state index contributed by atoms with van der Waals surface area (Å²) in [6.45, 7) is 0. The van der Waals surface area contributed by atoms with Gasteiger partial charge in [-0.1, -0.05) is 0 Å². The fourth-order valence-corrected chi connectivity index (χ4v) is 2.37. The van der Waals surface area contributed by atoms with E-state index in [0.29, 0.717) is 3.57 Å². The summed E-state index contributed by atoms with van der Waals surface area (Å²) in [5.41, 5.74) is -0.126. The first kappa shape index (κ1) is 12.6. The Morgan fingerprint density at radius 3 is 2.94 bits per heavy atom. The van der Waals surface area contributed by atoms with Gasteiger partial charge in [0.1, 0.15) is 5.56 Å². The van der Waals surface area contributed by atoms with Gasteiger partial charge in [0.2, 0.25) is 16.4 Å². The van der Waals surface area contributed by atoms with Gasteiger partial charge in [0.15, 0.2) is 0 Å². The second-order valence-electron chi connectivity index (χ2n) is 2.78. The Bertz CT molecular complexity index is 558. The van der Waals surface area contributed by atoms with Gasteiger partial charge in [-0.3, -0.25) is 10.1 Å². The van der Waals surface area contributed by atoms with Gasteiger partial charge in [0, 0.05) is 21.3 Å². The van der Waals surface area contributed by atoms with Crippen molar-refractivity contribution in [3.8, 4) is 0 Å². The normalized spacial score (nSPS) is 10.3. The third kappa shape index (κ3) is 2.87. The number of hydrogen-bond acceptors (Lipinski definition) is 5. The van der Waals surface area contributed by atoms with Gasteiger partial charge in [0.25, 0.3) is 5.91 Å². The van der Waals surface area contributed by atoms with E-state index in [1.807, 2.05) is 22.6 Å². The molecule has 0 unspecified atom stereocenters. The van der Waals surface area contributed by atoms with Gasteiger partial charge in [-0.25, -0.2) is 4.98 Å². The fraction of sp³-hybridized carbons (Fsp3) is 0. The lowest BCUT2D eigenvalue weighted by Gasteiger charge is -2.03. The number of halogens is 3. The quantitative estimate of drug-likeness (QED) is 0.638. The number of pyridine rings is 1. The highest BCUT2D eigenvalue weighted by atomic mass is 127. The number of nitrogens with one attached hydrogen (secondary N) is 1. The molecule has 5 nitrogen and oxygen atoms in total. The lowest BCUT2D eigenvalue weighted by atomic mass is 10.2. The summed E-state index contributed by atoms with van der Waals surface area (Å²) in [6.07, 6.45) is 1.29. The number of nitrogens with zero attached hydrogens (tertiary/aromatic N) is 3. The van der Waals surface area contributed by atoms with Crippen LogP contribution < -0.4 is 5.32 Å². The van der Waals surface area contributed by atoms with Crippen LogP contribution in [-0.4, -0.2) is 20.2 Å². The standard InChI is InChI=1S/C8H3ClFIN4OS/c9-7-14-8(17-15-7)13-6(16)4-3(11)1-2-12-5(4)10/h1-2H,(H,13,14,15,16). The molecule has 9 heteroatoms. The molecule has 1 N–H and O–H groups in total. The van der Waals surface area contributed by atoms with Gasteiger partial charge in [-0.05, 0) is 40.3 Å². The first-order chi connectivity index (χ1) is 8.08. The highest BCUT2D eigenvalue weighted by Crippen LogP contribution is 2.18. The summed E-state index contributed by atoms with van der Waals surface area (Å²) in [4.78, 5) is 18.9. The number of aromatic nitrogens is 3. The van der Waals surface area contributed by atoms with Gasteiger partial charge >= 0.3 is 0 Å². The molecule has 0 aliphatic heterocycles. The van der Waals surface area contributed by atoms with Crippen molar-refractivity contribution in [1.82, 2.24) is 14.3 Å². The van der Waals surface area contributed by atoms with E-state index in [9.17, 15) is 9.18 Å². The molecular formula is C8H3ClFIN4OS. The van der Waals surface area contributed by atoms with Crippen LogP contribution in [0.2, 0.25) is 5.28 Å². The lowest BCUT2D eigenvalue weighted by molar-refractivity contribution is 0.102. The summed E-state index contributed by atoms with van der Waals surface area (Å²) in [5, 5.41) is 2.64. The van der Waals surface area contributed by atoms with Crippen molar-refractivity contribution < 1.29 is 9.18 Å². The zero-order chi connectivity index (χ0) is 12.4. The lowest BCUT2D eigenvalue weighted by Crippen LogP contribution is -2.16. The Morgan fingerprint density at radius 1 is 1.59 bits per heavy atom.